The molecule has 1 aliphatic heterocycles. The second kappa shape index (κ2) is 11.8. The van der Waals surface area contributed by atoms with Crippen LogP contribution in [-0.4, -0.2) is 41.7 Å². The van der Waals surface area contributed by atoms with Crippen molar-refractivity contribution in [1.82, 2.24) is 0 Å². The second-order valence-corrected chi connectivity index (χ2v) is 8.99. The molecule has 2 N–H and O–H groups in total. The molecule has 39 heavy (non-hydrogen) atoms. The Labute approximate surface area is 225 Å². The number of carboxylic acids is 2. The maximum absolute atomic E-state index is 11.0. The summed E-state index contributed by atoms with van der Waals surface area (Å²) in [5.41, 5.74) is 5.58. The van der Waals surface area contributed by atoms with Crippen molar-refractivity contribution >= 4 is 11.9 Å². The van der Waals surface area contributed by atoms with Gasteiger partial charge in [-0.25, -0.2) is 9.59 Å². The fraction of sp³-hybridized carbons (Fsp3) is 0.161. The van der Waals surface area contributed by atoms with Crippen LogP contribution in [0.1, 0.15) is 17.2 Å². The molecule has 5 rings (SSSR count). The van der Waals surface area contributed by atoms with Gasteiger partial charge in [-0.05, 0) is 57.6 Å². The monoisotopic (exact) mass is 526 g/mol. The van der Waals surface area contributed by atoms with Crippen LogP contribution >= 0.6 is 0 Å². The Kier molecular flexibility index (Phi) is 7.86. The summed E-state index contributed by atoms with van der Waals surface area (Å²) in [7, 11) is 0. The number of hydrogen-bond acceptors (Lipinski definition) is 6. The van der Waals surface area contributed by atoms with Crippen LogP contribution in [0.15, 0.2) is 97.1 Å². The highest BCUT2D eigenvalue weighted by Crippen LogP contribution is 2.41. The Morgan fingerprint density at radius 1 is 0.667 bits per heavy atom. The van der Waals surface area contributed by atoms with Crippen LogP contribution in [-0.2, 0) is 25.7 Å². The third-order valence-corrected chi connectivity index (χ3v) is 6.06. The van der Waals surface area contributed by atoms with Crippen molar-refractivity contribution in [3.05, 3.63) is 108 Å². The van der Waals surface area contributed by atoms with Crippen molar-refractivity contribution in [3.8, 4) is 33.8 Å². The molecule has 1 heterocycles. The zero-order chi connectivity index (χ0) is 27.2. The Morgan fingerprint density at radius 2 is 1.26 bits per heavy atom. The molecule has 0 aromatic heterocycles. The molecule has 0 saturated carbocycles. The molecular weight excluding hydrogens is 500 g/mol. The van der Waals surface area contributed by atoms with Crippen LogP contribution in [0.3, 0.4) is 0 Å². The first-order valence-electron chi connectivity index (χ1n) is 12.3. The molecule has 1 saturated heterocycles. The average Bonchev–Trinajstić information content (AvgIpc) is 3.74. The zero-order valence-corrected chi connectivity index (χ0v) is 20.9. The molecule has 2 atom stereocenters. The Balaban J connectivity index is 1.34. The highest BCUT2D eigenvalue weighted by molar-refractivity contribution is 5.75. The first-order chi connectivity index (χ1) is 18.9. The summed E-state index contributed by atoms with van der Waals surface area (Å²) in [5.74, 6) is -1.73. The molecule has 0 bridgehead atoms. The summed E-state index contributed by atoms with van der Waals surface area (Å²) < 4.78 is 22.4. The molecule has 198 valence electrons. The fourth-order valence-corrected chi connectivity index (χ4v) is 4.18. The van der Waals surface area contributed by atoms with E-state index in [4.69, 9.17) is 29.2 Å². The lowest BCUT2D eigenvalue weighted by molar-refractivity contribution is -0.140. The van der Waals surface area contributed by atoms with Gasteiger partial charge in [-0.2, -0.15) is 0 Å². The predicted molar refractivity (Wildman–Crippen MR) is 142 cm³/mol. The van der Waals surface area contributed by atoms with Crippen LogP contribution in [0.25, 0.3) is 22.3 Å². The van der Waals surface area contributed by atoms with Gasteiger partial charge in [0, 0.05) is 6.07 Å². The molecule has 1 aliphatic rings. The van der Waals surface area contributed by atoms with E-state index in [0.717, 1.165) is 27.8 Å². The zero-order valence-electron chi connectivity index (χ0n) is 20.9. The van der Waals surface area contributed by atoms with Crippen LogP contribution in [0, 0.1) is 0 Å². The maximum atomic E-state index is 11.0. The largest absolute Gasteiger partial charge is 0.482 e. The van der Waals surface area contributed by atoms with Gasteiger partial charge in [-0.15, -0.1) is 0 Å². The molecule has 2 unspecified atom stereocenters. The summed E-state index contributed by atoms with van der Waals surface area (Å²) >= 11 is 0. The molecule has 8 heteroatoms. The summed E-state index contributed by atoms with van der Waals surface area (Å²) in [6, 6.07) is 30.7. The number of ether oxygens (including phenoxy) is 4. The number of aliphatic carboxylic acids is 2. The third kappa shape index (κ3) is 7.01. The topological polar surface area (TPSA) is 115 Å². The van der Waals surface area contributed by atoms with E-state index < -0.39 is 25.2 Å². The standard InChI is InChI=1S/C31H26O8/c32-28(33)18-36-26-14-25(15-27(16-26)37-19-29(34)35)23-10-4-8-21(12-23)22-9-5-11-24(13-22)30-31(39-30)38-17-20-6-2-1-3-7-20/h1-16,30-31H,17-19H2,(H,32,33)(H,34,35). The quantitative estimate of drug-likeness (QED) is 0.231. The Morgan fingerprint density at radius 3 is 1.90 bits per heavy atom. The summed E-state index contributed by atoms with van der Waals surface area (Å²) in [5, 5.41) is 18.0. The summed E-state index contributed by atoms with van der Waals surface area (Å²) in [4.78, 5) is 22.0. The summed E-state index contributed by atoms with van der Waals surface area (Å²) in [6.45, 7) is -0.584. The van der Waals surface area contributed by atoms with E-state index >= 15 is 0 Å². The average molecular weight is 527 g/mol. The highest BCUT2D eigenvalue weighted by Gasteiger charge is 2.41. The van der Waals surface area contributed by atoms with Gasteiger partial charge in [-0.1, -0.05) is 66.7 Å². The molecular formula is C31H26O8. The number of hydrogen-bond donors (Lipinski definition) is 2. The van der Waals surface area contributed by atoms with E-state index in [0.29, 0.717) is 12.2 Å². The molecule has 1 fully saturated rings. The van der Waals surface area contributed by atoms with E-state index in [-0.39, 0.29) is 23.9 Å². The molecule has 4 aromatic rings. The van der Waals surface area contributed by atoms with Gasteiger partial charge in [0.05, 0.1) is 6.61 Å². The predicted octanol–water partition coefficient (Wildman–Crippen LogP) is 5.56. The van der Waals surface area contributed by atoms with E-state index in [2.05, 4.69) is 6.07 Å². The fourth-order valence-electron chi connectivity index (χ4n) is 4.18. The van der Waals surface area contributed by atoms with Crippen molar-refractivity contribution in [2.24, 2.45) is 0 Å². The lowest BCUT2D eigenvalue weighted by atomic mass is 9.97. The Bertz CT molecular complexity index is 1430. The number of carbonyl (C=O) groups is 2. The number of benzene rings is 4. The van der Waals surface area contributed by atoms with Crippen LogP contribution < -0.4 is 9.47 Å². The van der Waals surface area contributed by atoms with Crippen LogP contribution in [0.4, 0.5) is 0 Å². The smallest absolute Gasteiger partial charge is 0.341 e. The molecule has 4 aromatic carbocycles. The van der Waals surface area contributed by atoms with Gasteiger partial charge in [-0.3, -0.25) is 0 Å². The van der Waals surface area contributed by atoms with Gasteiger partial charge < -0.3 is 29.2 Å². The molecule has 0 aliphatic carbocycles. The van der Waals surface area contributed by atoms with Gasteiger partial charge in [0.15, 0.2) is 19.5 Å². The normalized spacial score (nSPS) is 15.9. The second-order valence-electron chi connectivity index (χ2n) is 8.99. The number of carboxylic acid groups (broad SMARTS) is 2. The van der Waals surface area contributed by atoms with Crippen LogP contribution in [0.5, 0.6) is 11.5 Å². The van der Waals surface area contributed by atoms with Crippen molar-refractivity contribution in [3.63, 3.8) is 0 Å². The van der Waals surface area contributed by atoms with Gasteiger partial charge in [0.25, 0.3) is 0 Å². The third-order valence-electron chi connectivity index (χ3n) is 6.06. The van der Waals surface area contributed by atoms with Crippen molar-refractivity contribution in [1.29, 1.82) is 0 Å². The summed E-state index contributed by atoms with van der Waals surface area (Å²) in [6.07, 6.45) is -0.418. The Hall–Kier alpha value is -4.66. The highest BCUT2D eigenvalue weighted by atomic mass is 16.8. The molecule has 0 spiro atoms. The van der Waals surface area contributed by atoms with Gasteiger partial charge in [0.2, 0.25) is 0 Å². The van der Waals surface area contributed by atoms with Crippen molar-refractivity contribution in [2.75, 3.05) is 13.2 Å². The molecule has 8 nitrogen and oxygen atoms in total. The molecule has 0 radical (unpaired) electrons. The van der Waals surface area contributed by atoms with E-state index in [1.807, 2.05) is 72.8 Å². The maximum Gasteiger partial charge on any atom is 0.341 e. The lowest BCUT2D eigenvalue weighted by Crippen LogP contribution is -2.11. The van der Waals surface area contributed by atoms with Crippen molar-refractivity contribution in [2.45, 2.75) is 19.0 Å². The van der Waals surface area contributed by atoms with Gasteiger partial charge in [0.1, 0.15) is 17.6 Å². The first-order valence-corrected chi connectivity index (χ1v) is 12.3. The van der Waals surface area contributed by atoms with Crippen LogP contribution in [0.2, 0.25) is 0 Å². The lowest BCUT2D eigenvalue weighted by Gasteiger charge is -2.12. The minimum Gasteiger partial charge on any atom is -0.482 e. The molecule has 0 amide bonds. The van der Waals surface area contributed by atoms with E-state index in [1.165, 1.54) is 6.07 Å². The van der Waals surface area contributed by atoms with Crippen molar-refractivity contribution < 1.29 is 38.7 Å². The van der Waals surface area contributed by atoms with E-state index in [1.54, 1.807) is 12.1 Å². The minimum atomic E-state index is -1.12. The number of rotatable bonds is 12. The first kappa shape index (κ1) is 26.0. The number of epoxide rings is 1. The minimum absolute atomic E-state index is 0.131. The SMILES string of the molecule is O=C(O)COc1cc(OCC(=O)O)cc(-c2cccc(-c3cccc(C4OC4OCc4ccccc4)c3)c2)c1. The van der Waals surface area contributed by atoms with Gasteiger partial charge >= 0.3 is 11.9 Å². The van der Waals surface area contributed by atoms with E-state index in [9.17, 15) is 9.59 Å².